The zero-order valence-corrected chi connectivity index (χ0v) is 29.6. The van der Waals surface area contributed by atoms with Crippen LogP contribution in [0.4, 0.5) is 0 Å². The van der Waals surface area contributed by atoms with Crippen LogP contribution in [-0.2, 0) is 14.3 Å². The van der Waals surface area contributed by atoms with E-state index in [0.29, 0.717) is 29.6 Å². The van der Waals surface area contributed by atoms with E-state index in [1.807, 2.05) is 0 Å². The Morgan fingerprint density at radius 1 is 1.09 bits per heavy atom. The zero-order chi connectivity index (χ0) is 31.8. The van der Waals surface area contributed by atoms with Crippen molar-refractivity contribution in [1.82, 2.24) is 5.32 Å². The van der Waals surface area contributed by atoms with Gasteiger partial charge in [0.1, 0.15) is 0 Å². The molecule has 2 N–H and O–H groups in total. The molecule has 3 saturated carbocycles. The average molecular weight is 600 g/mol. The van der Waals surface area contributed by atoms with E-state index in [2.05, 4.69) is 87.7 Å². The molecule has 5 rings (SSSR count). The average Bonchev–Trinajstić information content (AvgIpc) is 2.95. The first-order valence-electron chi connectivity index (χ1n) is 17.9. The van der Waals surface area contributed by atoms with Gasteiger partial charge in [0, 0.05) is 16.4 Å². The fraction of sp³-hybridized carbons (Fsp3) is 0.921. The topological polar surface area (TPSA) is 67.8 Å². The van der Waals surface area contributed by atoms with Gasteiger partial charge in [-0.15, -0.1) is 0 Å². The van der Waals surface area contributed by atoms with E-state index in [1.54, 1.807) is 5.57 Å². The highest BCUT2D eigenvalue weighted by Gasteiger charge is 2.71. The number of carboxylic acids is 1. The summed E-state index contributed by atoms with van der Waals surface area (Å²) < 4.78 is 13.7. The Morgan fingerprint density at radius 2 is 1.77 bits per heavy atom. The van der Waals surface area contributed by atoms with Crippen molar-refractivity contribution in [2.75, 3.05) is 26.9 Å². The predicted molar refractivity (Wildman–Crippen MR) is 175 cm³/mol. The van der Waals surface area contributed by atoms with E-state index in [1.165, 1.54) is 6.42 Å². The van der Waals surface area contributed by atoms with Gasteiger partial charge in [-0.05, 0) is 104 Å². The maximum absolute atomic E-state index is 13.3. The molecular formula is C38H65NO4. The normalized spacial score (nSPS) is 46.8. The van der Waals surface area contributed by atoms with Crippen LogP contribution in [0, 0.1) is 62.6 Å². The molecular weight excluding hydrogens is 534 g/mol. The molecule has 5 heteroatoms. The van der Waals surface area contributed by atoms with E-state index in [4.69, 9.17) is 9.47 Å². The minimum Gasteiger partial charge on any atom is -0.481 e. The fourth-order valence-corrected chi connectivity index (χ4v) is 12.5. The number of likely N-dealkylation sites (N-methyl/N-ethyl adjacent to an activating group) is 1. The van der Waals surface area contributed by atoms with E-state index in [0.717, 1.165) is 64.8 Å². The third-order valence-electron chi connectivity index (χ3n) is 15.8. The first-order valence-corrected chi connectivity index (χ1v) is 17.9. The third-order valence-corrected chi connectivity index (χ3v) is 15.8. The molecule has 11 atom stereocenters. The van der Waals surface area contributed by atoms with Gasteiger partial charge >= 0.3 is 5.97 Å². The van der Waals surface area contributed by atoms with Gasteiger partial charge < -0.3 is 19.9 Å². The summed E-state index contributed by atoms with van der Waals surface area (Å²) >= 11 is 0. The molecule has 43 heavy (non-hydrogen) atoms. The fourth-order valence-electron chi connectivity index (χ4n) is 12.5. The predicted octanol–water partition coefficient (Wildman–Crippen LogP) is 8.37. The number of ether oxygens (including phenoxy) is 2. The van der Waals surface area contributed by atoms with Crippen LogP contribution in [0.5, 0.6) is 0 Å². The first kappa shape index (κ1) is 33.5. The second-order valence-corrected chi connectivity index (χ2v) is 17.5. The number of fused-ring (bicyclic) bond motifs is 3. The van der Waals surface area contributed by atoms with Gasteiger partial charge in [0.05, 0.1) is 31.8 Å². The van der Waals surface area contributed by atoms with Crippen molar-refractivity contribution < 1.29 is 19.4 Å². The standard InChI is InChI=1S/C38H65NO4/c1-12-37(13-2,39-11)22-43-31-25(5)20-38-23-42-21-34(31,8)29(38)15-14-27-28(38)16-17-36(10)30(32(40)41)33(7,26(6)24(3)4)18-19-35(27,36)9/h16,24-27,29-31,39H,12-15,17-23H2,1-11H3,(H,40,41)/t25-,26-,27+,29+,30-,31+,33-,34-,35-,36+,38+/m1/s1. The van der Waals surface area contributed by atoms with Crippen LogP contribution in [0.15, 0.2) is 11.6 Å². The molecule has 1 heterocycles. The Kier molecular flexibility index (Phi) is 8.65. The molecule has 0 radical (unpaired) electrons. The van der Waals surface area contributed by atoms with Crippen LogP contribution in [0.2, 0.25) is 0 Å². The molecule has 5 nitrogen and oxygen atoms in total. The highest BCUT2D eigenvalue weighted by Crippen LogP contribution is 2.75. The molecule has 5 aliphatic rings. The lowest BCUT2D eigenvalue weighted by Gasteiger charge is -2.71. The number of nitrogens with one attached hydrogen (secondary N) is 1. The summed E-state index contributed by atoms with van der Waals surface area (Å²) in [4.78, 5) is 13.3. The molecule has 246 valence electrons. The number of rotatable bonds is 9. The monoisotopic (exact) mass is 599 g/mol. The molecule has 1 aliphatic heterocycles. The molecule has 0 aromatic carbocycles. The molecule has 0 spiro atoms. The van der Waals surface area contributed by atoms with Crippen LogP contribution in [0.1, 0.15) is 121 Å². The quantitative estimate of drug-likeness (QED) is 0.261. The van der Waals surface area contributed by atoms with Crippen molar-refractivity contribution >= 4 is 5.97 Å². The SMILES string of the molecule is CCC(CC)(CO[C@H]1[C@H](C)C[C@@]23COC[C@]1(C)[C@@H]2CC[C@H]1C3=CC[C@@]2(C)[C@H](C(=O)O)[C@@](C)([C@H](C)C(C)C)CC[C@]12C)NC. The Morgan fingerprint density at radius 3 is 2.35 bits per heavy atom. The number of carbonyl (C=O) groups is 1. The minimum atomic E-state index is -0.580. The van der Waals surface area contributed by atoms with E-state index in [9.17, 15) is 9.90 Å². The number of hydrogen-bond donors (Lipinski definition) is 2. The van der Waals surface area contributed by atoms with Crippen LogP contribution in [0.3, 0.4) is 0 Å². The maximum Gasteiger partial charge on any atom is 0.307 e. The molecule has 4 aliphatic carbocycles. The maximum atomic E-state index is 13.3. The van der Waals surface area contributed by atoms with E-state index in [-0.39, 0.29) is 44.6 Å². The van der Waals surface area contributed by atoms with Crippen molar-refractivity contribution in [3.63, 3.8) is 0 Å². The zero-order valence-electron chi connectivity index (χ0n) is 29.6. The third kappa shape index (κ3) is 4.50. The van der Waals surface area contributed by atoms with Crippen LogP contribution < -0.4 is 5.32 Å². The number of allylic oxidation sites excluding steroid dienone is 1. The van der Waals surface area contributed by atoms with Gasteiger partial charge in [-0.1, -0.05) is 80.9 Å². The van der Waals surface area contributed by atoms with Crippen LogP contribution in [-0.4, -0.2) is 49.6 Å². The van der Waals surface area contributed by atoms with Crippen LogP contribution in [0.25, 0.3) is 0 Å². The molecule has 0 amide bonds. The lowest BCUT2D eigenvalue weighted by Crippen LogP contribution is -2.69. The highest BCUT2D eigenvalue weighted by molar-refractivity contribution is 5.73. The summed E-state index contributed by atoms with van der Waals surface area (Å²) in [6.45, 7) is 25.8. The second kappa shape index (κ2) is 11.1. The molecule has 0 aromatic rings. The van der Waals surface area contributed by atoms with Crippen molar-refractivity contribution in [2.24, 2.45) is 62.6 Å². The Hall–Kier alpha value is -0.910. The molecule has 1 saturated heterocycles. The van der Waals surface area contributed by atoms with Crippen molar-refractivity contribution in [3.05, 3.63) is 11.6 Å². The summed E-state index contributed by atoms with van der Waals surface area (Å²) in [6, 6.07) is 0. The number of carboxylic acid groups (broad SMARTS) is 1. The molecule has 2 bridgehead atoms. The summed E-state index contributed by atoms with van der Waals surface area (Å²) in [5, 5.41) is 14.5. The minimum absolute atomic E-state index is 0.0198. The second-order valence-electron chi connectivity index (χ2n) is 17.5. The van der Waals surface area contributed by atoms with Gasteiger partial charge in [-0.25, -0.2) is 0 Å². The highest BCUT2D eigenvalue weighted by atomic mass is 16.5. The van der Waals surface area contributed by atoms with Gasteiger partial charge in [0.2, 0.25) is 0 Å². The number of aliphatic carboxylic acids is 1. The summed E-state index contributed by atoms with van der Waals surface area (Å²) in [5.74, 6) is 1.32. The van der Waals surface area contributed by atoms with E-state index < -0.39 is 5.97 Å². The van der Waals surface area contributed by atoms with E-state index >= 15 is 0 Å². The van der Waals surface area contributed by atoms with Crippen molar-refractivity contribution in [3.8, 4) is 0 Å². The Balaban J connectivity index is 1.52. The molecule has 0 unspecified atom stereocenters. The summed E-state index contributed by atoms with van der Waals surface area (Å²) in [7, 11) is 2.08. The summed E-state index contributed by atoms with van der Waals surface area (Å²) in [5.41, 5.74) is 1.17. The van der Waals surface area contributed by atoms with Crippen molar-refractivity contribution in [1.29, 1.82) is 0 Å². The molecule has 4 fully saturated rings. The largest absolute Gasteiger partial charge is 0.481 e. The van der Waals surface area contributed by atoms with Crippen molar-refractivity contribution in [2.45, 2.75) is 132 Å². The smallest absolute Gasteiger partial charge is 0.307 e. The Bertz CT molecular complexity index is 1090. The molecule has 0 aromatic heterocycles. The van der Waals surface area contributed by atoms with Gasteiger partial charge in [0.25, 0.3) is 0 Å². The Labute approximate surface area is 263 Å². The van der Waals surface area contributed by atoms with Gasteiger partial charge in [-0.2, -0.15) is 0 Å². The number of hydrogen-bond acceptors (Lipinski definition) is 4. The van der Waals surface area contributed by atoms with Gasteiger partial charge in [-0.3, -0.25) is 4.79 Å². The lowest BCUT2D eigenvalue weighted by molar-refractivity contribution is -0.253. The summed E-state index contributed by atoms with van der Waals surface area (Å²) in [6.07, 6.45) is 11.3. The lowest BCUT2D eigenvalue weighted by atomic mass is 9.34. The first-order chi connectivity index (χ1) is 20.1. The van der Waals surface area contributed by atoms with Gasteiger partial charge in [0.15, 0.2) is 0 Å². The van der Waals surface area contributed by atoms with Crippen LogP contribution >= 0.6 is 0 Å².